The Morgan fingerprint density at radius 1 is 1.00 bits per heavy atom. The molecule has 0 fully saturated rings. The lowest BCUT2D eigenvalue weighted by Crippen LogP contribution is -2.27. The number of carbonyl (C=O) groups is 1. The van der Waals surface area contributed by atoms with Gasteiger partial charge >= 0.3 is 0 Å². The van der Waals surface area contributed by atoms with E-state index in [0.29, 0.717) is 11.6 Å². The van der Waals surface area contributed by atoms with Crippen molar-refractivity contribution in [3.63, 3.8) is 0 Å². The normalized spacial score (nSPS) is 10.3. The van der Waals surface area contributed by atoms with Crippen molar-refractivity contribution >= 4 is 17.5 Å². The number of hydrogen-bond donors (Lipinski definition) is 1. The van der Waals surface area contributed by atoms with Crippen LogP contribution >= 0.6 is 11.6 Å². The summed E-state index contributed by atoms with van der Waals surface area (Å²) in [4.78, 5) is 12.2. The molecule has 0 heterocycles. The Labute approximate surface area is 114 Å². The summed E-state index contributed by atoms with van der Waals surface area (Å²) >= 11 is 5.67. The molecule has 0 bridgehead atoms. The van der Waals surface area contributed by atoms with E-state index in [1.54, 1.807) is 0 Å². The van der Waals surface area contributed by atoms with Crippen LogP contribution in [0.1, 0.15) is 38.2 Å². The van der Waals surface area contributed by atoms with E-state index in [2.05, 4.69) is 18.8 Å². The number of carbonyl (C=O) groups excluding carboxylic acids is 1. The third-order valence-electron chi connectivity index (χ3n) is 3.67. The fourth-order valence-corrected chi connectivity index (χ4v) is 2.17. The quantitative estimate of drug-likeness (QED) is 0.887. The van der Waals surface area contributed by atoms with Crippen LogP contribution in [0.15, 0.2) is 11.6 Å². The Morgan fingerprint density at radius 2 is 1.39 bits per heavy atom. The lowest BCUT2D eigenvalue weighted by molar-refractivity contribution is 0.0956. The fraction of sp³-hybridized carbons (Fsp3) is 0.400. The van der Waals surface area contributed by atoms with Crippen molar-refractivity contribution < 1.29 is 4.79 Å². The highest BCUT2D eigenvalue weighted by Crippen LogP contribution is 2.25. The van der Waals surface area contributed by atoms with Crippen LogP contribution in [0.3, 0.4) is 0 Å². The van der Waals surface area contributed by atoms with Gasteiger partial charge in [0.2, 0.25) is 0 Å². The highest BCUT2D eigenvalue weighted by molar-refractivity contribution is 6.29. The van der Waals surface area contributed by atoms with Crippen LogP contribution in [0.4, 0.5) is 0 Å². The number of amides is 1. The van der Waals surface area contributed by atoms with Crippen molar-refractivity contribution in [2.45, 2.75) is 34.6 Å². The highest BCUT2D eigenvalue weighted by Gasteiger charge is 2.17. The van der Waals surface area contributed by atoms with Crippen LogP contribution < -0.4 is 5.32 Å². The first kappa shape index (κ1) is 14.8. The van der Waals surface area contributed by atoms with Crippen molar-refractivity contribution in [1.29, 1.82) is 0 Å². The van der Waals surface area contributed by atoms with E-state index >= 15 is 0 Å². The second kappa shape index (κ2) is 5.57. The summed E-state index contributed by atoms with van der Waals surface area (Å²) in [6, 6.07) is 0. The molecule has 18 heavy (non-hydrogen) atoms. The molecule has 1 aromatic carbocycles. The number of benzene rings is 1. The van der Waals surface area contributed by atoms with Crippen LogP contribution in [-0.2, 0) is 0 Å². The van der Waals surface area contributed by atoms with E-state index in [0.717, 1.165) is 16.7 Å². The van der Waals surface area contributed by atoms with Gasteiger partial charge in [0, 0.05) is 10.6 Å². The van der Waals surface area contributed by atoms with Gasteiger partial charge in [-0.05, 0) is 62.4 Å². The molecule has 1 N–H and O–H groups in total. The van der Waals surface area contributed by atoms with E-state index in [1.165, 1.54) is 16.7 Å². The van der Waals surface area contributed by atoms with E-state index in [1.807, 2.05) is 27.7 Å². The monoisotopic (exact) mass is 265 g/mol. The van der Waals surface area contributed by atoms with Crippen molar-refractivity contribution in [1.82, 2.24) is 5.32 Å². The minimum Gasteiger partial charge on any atom is -0.347 e. The van der Waals surface area contributed by atoms with Gasteiger partial charge in [-0.2, -0.15) is 0 Å². The molecule has 1 rings (SSSR count). The summed E-state index contributed by atoms with van der Waals surface area (Å²) in [5, 5.41) is 3.21. The van der Waals surface area contributed by atoms with Crippen LogP contribution in [0, 0.1) is 34.6 Å². The second-order valence-electron chi connectivity index (χ2n) is 4.70. The van der Waals surface area contributed by atoms with Crippen LogP contribution in [0.2, 0.25) is 0 Å². The molecule has 0 atom stereocenters. The van der Waals surface area contributed by atoms with Crippen molar-refractivity contribution in [2.75, 3.05) is 6.54 Å². The first-order valence-electron chi connectivity index (χ1n) is 5.95. The Bertz CT molecular complexity index is 489. The topological polar surface area (TPSA) is 29.1 Å². The summed E-state index contributed by atoms with van der Waals surface area (Å²) in [6.07, 6.45) is 0. The van der Waals surface area contributed by atoms with Crippen LogP contribution in [0.5, 0.6) is 0 Å². The first-order valence-corrected chi connectivity index (χ1v) is 6.33. The molecule has 0 unspecified atom stereocenters. The van der Waals surface area contributed by atoms with Crippen LogP contribution in [0.25, 0.3) is 0 Å². The maximum atomic E-state index is 12.2. The average Bonchev–Trinajstić information content (AvgIpc) is 2.31. The number of rotatable bonds is 3. The predicted octanol–water partition coefficient (Wildman–Crippen LogP) is 3.71. The zero-order valence-electron chi connectivity index (χ0n) is 11.7. The fourth-order valence-electron chi connectivity index (χ4n) is 2.11. The van der Waals surface area contributed by atoms with E-state index < -0.39 is 0 Å². The molecule has 0 saturated carbocycles. The molecule has 3 heteroatoms. The van der Waals surface area contributed by atoms with Gasteiger partial charge in [0.05, 0.1) is 6.54 Å². The van der Waals surface area contributed by atoms with Gasteiger partial charge < -0.3 is 5.32 Å². The second-order valence-corrected chi connectivity index (χ2v) is 5.23. The molecule has 0 aromatic heterocycles. The summed E-state index contributed by atoms with van der Waals surface area (Å²) in [5.41, 5.74) is 6.43. The zero-order valence-corrected chi connectivity index (χ0v) is 12.5. The summed E-state index contributed by atoms with van der Waals surface area (Å²) in [6.45, 7) is 14.0. The average molecular weight is 266 g/mol. The van der Waals surface area contributed by atoms with Crippen molar-refractivity contribution in [3.8, 4) is 0 Å². The minimum absolute atomic E-state index is 0.0852. The Balaban J connectivity index is 3.24. The molecule has 0 spiro atoms. The van der Waals surface area contributed by atoms with Gasteiger partial charge in [-0.1, -0.05) is 18.2 Å². The molecular formula is C15H20ClNO. The van der Waals surface area contributed by atoms with Gasteiger partial charge in [-0.25, -0.2) is 0 Å². The lowest BCUT2D eigenvalue weighted by Gasteiger charge is -2.18. The maximum absolute atomic E-state index is 12.2. The number of halogens is 1. The Hall–Kier alpha value is -1.28. The molecule has 0 radical (unpaired) electrons. The van der Waals surface area contributed by atoms with Gasteiger partial charge in [-0.15, -0.1) is 0 Å². The van der Waals surface area contributed by atoms with Gasteiger partial charge in [-0.3, -0.25) is 4.79 Å². The predicted molar refractivity (Wildman–Crippen MR) is 77.5 cm³/mol. The molecule has 0 saturated heterocycles. The highest BCUT2D eigenvalue weighted by atomic mass is 35.5. The summed E-state index contributed by atoms with van der Waals surface area (Å²) < 4.78 is 0. The third-order valence-corrected chi connectivity index (χ3v) is 3.80. The SMILES string of the molecule is C=C(Cl)CNC(=O)c1c(C)c(C)c(C)c(C)c1C. The molecule has 1 aromatic rings. The van der Waals surface area contributed by atoms with Crippen LogP contribution in [-0.4, -0.2) is 12.5 Å². The lowest BCUT2D eigenvalue weighted by atomic mass is 9.89. The summed E-state index contributed by atoms with van der Waals surface area (Å²) in [5.74, 6) is -0.0852. The van der Waals surface area contributed by atoms with Gasteiger partial charge in [0.1, 0.15) is 0 Å². The molecule has 0 aliphatic heterocycles. The van der Waals surface area contributed by atoms with E-state index in [4.69, 9.17) is 11.6 Å². The van der Waals surface area contributed by atoms with E-state index in [9.17, 15) is 4.79 Å². The smallest absolute Gasteiger partial charge is 0.252 e. The molecule has 98 valence electrons. The Morgan fingerprint density at radius 3 is 1.78 bits per heavy atom. The van der Waals surface area contributed by atoms with Crippen molar-refractivity contribution in [2.24, 2.45) is 0 Å². The standard InChI is InChI=1S/C15H20ClNO/c1-8(16)7-17-15(18)14-12(5)10(3)9(2)11(4)13(14)6/h1,7H2,2-6H3,(H,17,18). The maximum Gasteiger partial charge on any atom is 0.252 e. The number of hydrogen-bond acceptors (Lipinski definition) is 1. The number of nitrogens with one attached hydrogen (secondary N) is 1. The molecule has 0 aliphatic carbocycles. The molecule has 0 aliphatic rings. The summed E-state index contributed by atoms with van der Waals surface area (Å²) in [7, 11) is 0. The molecule has 1 amide bonds. The van der Waals surface area contributed by atoms with Gasteiger partial charge in [0.25, 0.3) is 5.91 Å². The zero-order chi connectivity index (χ0) is 14.0. The largest absolute Gasteiger partial charge is 0.347 e. The van der Waals surface area contributed by atoms with Crippen molar-refractivity contribution in [3.05, 3.63) is 45.0 Å². The Kier molecular flexibility index (Phi) is 4.58. The third kappa shape index (κ3) is 2.75. The molecule has 2 nitrogen and oxygen atoms in total. The minimum atomic E-state index is -0.0852. The molecular weight excluding hydrogens is 246 g/mol. The first-order chi connectivity index (χ1) is 8.27. The van der Waals surface area contributed by atoms with E-state index in [-0.39, 0.29) is 5.91 Å². The van der Waals surface area contributed by atoms with Gasteiger partial charge in [0.15, 0.2) is 0 Å².